The lowest BCUT2D eigenvalue weighted by Crippen LogP contribution is -2.23. The Morgan fingerprint density at radius 3 is 2.69 bits per heavy atom. The first-order valence-electron chi connectivity index (χ1n) is 8.92. The molecule has 0 spiro atoms. The van der Waals surface area contributed by atoms with Crippen molar-refractivity contribution in [3.05, 3.63) is 63.3 Å². The molecule has 2 aromatic heterocycles. The normalized spacial score (nSPS) is 12.0. The maximum atomic E-state index is 13.0. The summed E-state index contributed by atoms with van der Waals surface area (Å²) in [5.74, 6) is 0.495. The standard InChI is InChI=1S/C20H23N3O3S3/c1-6-10-23-19(24)17-13(2)14(3)28-18(17)21-20(23)27-12-15-8-7-9-16(11-15)29(25,26)22(4)5/h6-9,11H,1,10,12H2,2-5H3. The van der Waals surface area contributed by atoms with Gasteiger partial charge in [-0.15, -0.1) is 17.9 Å². The van der Waals surface area contributed by atoms with Crippen LogP contribution in [0.2, 0.25) is 0 Å². The summed E-state index contributed by atoms with van der Waals surface area (Å²) < 4.78 is 27.6. The van der Waals surface area contributed by atoms with E-state index in [2.05, 4.69) is 6.58 Å². The molecule has 3 aromatic rings. The SMILES string of the molecule is C=CCn1c(SCc2cccc(S(=O)(=O)N(C)C)c2)nc2sc(C)c(C)c2c1=O. The molecule has 9 heteroatoms. The minimum Gasteiger partial charge on any atom is -0.283 e. The van der Waals surface area contributed by atoms with Crippen molar-refractivity contribution in [2.24, 2.45) is 0 Å². The highest BCUT2D eigenvalue weighted by atomic mass is 32.2. The number of aryl methyl sites for hydroxylation is 2. The summed E-state index contributed by atoms with van der Waals surface area (Å²) >= 11 is 2.93. The minimum atomic E-state index is -3.50. The smallest absolute Gasteiger partial charge is 0.263 e. The van der Waals surface area contributed by atoms with Crippen LogP contribution in [0.1, 0.15) is 16.0 Å². The summed E-state index contributed by atoms with van der Waals surface area (Å²) in [4.78, 5) is 19.8. The molecule has 29 heavy (non-hydrogen) atoms. The van der Waals surface area contributed by atoms with Crippen molar-refractivity contribution in [1.29, 1.82) is 0 Å². The van der Waals surface area contributed by atoms with Gasteiger partial charge in [-0.25, -0.2) is 17.7 Å². The van der Waals surface area contributed by atoms with Crippen LogP contribution in [0, 0.1) is 13.8 Å². The highest BCUT2D eigenvalue weighted by Gasteiger charge is 2.19. The fraction of sp³-hybridized carbons (Fsp3) is 0.300. The molecule has 0 unspecified atom stereocenters. The number of fused-ring (bicyclic) bond motifs is 1. The monoisotopic (exact) mass is 449 g/mol. The van der Waals surface area contributed by atoms with Crippen LogP contribution >= 0.6 is 23.1 Å². The second-order valence-electron chi connectivity index (χ2n) is 6.79. The van der Waals surface area contributed by atoms with E-state index in [1.54, 1.807) is 28.8 Å². The lowest BCUT2D eigenvalue weighted by atomic mass is 10.2. The predicted molar refractivity (Wildman–Crippen MR) is 120 cm³/mol. The molecule has 0 saturated heterocycles. The number of thiophene rings is 1. The molecule has 0 N–H and O–H groups in total. The highest BCUT2D eigenvalue weighted by molar-refractivity contribution is 7.98. The second kappa shape index (κ2) is 8.43. The summed E-state index contributed by atoms with van der Waals surface area (Å²) in [5, 5.41) is 1.27. The summed E-state index contributed by atoms with van der Waals surface area (Å²) in [6.07, 6.45) is 1.68. The molecule has 0 fully saturated rings. The Hall–Kier alpha value is -1.94. The number of thioether (sulfide) groups is 1. The Bertz CT molecular complexity index is 1240. The van der Waals surface area contributed by atoms with Crippen molar-refractivity contribution in [3.63, 3.8) is 0 Å². The van der Waals surface area contributed by atoms with Gasteiger partial charge in [-0.3, -0.25) is 9.36 Å². The first-order chi connectivity index (χ1) is 13.7. The Kier molecular flexibility index (Phi) is 6.33. The highest BCUT2D eigenvalue weighted by Crippen LogP contribution is 2.29. The van der Waals surface area contributed by atoms with Gasteiger partial charge in [0, 0.05) is 31.3 Å². The maximum absolute atomic E-state index is 13.0. The van der Waals surface area contributed by atoms with Gasteiger partial charge in [0.25, 0.3) is 5.56 Å². The molecule has 154 valence electrons. The third-order valence-corrected chi connectivity index (χ3v) is 8.57. The van der Waals surface area contributed by atoms with E-state index in [0.29, 0.717) is 22.8 Å². The van der Waals surface area contributed by atoms with Crippen molar-refractivity contribution in [2.75, 3.05) is 14.1 Å². The molecular formula is C20H23N3O3S3. The molecule has 0 radical (unpaired) electrons. The van der Waals surface area contributed by atoms with Gasteiger partial charge in [0.1, 0.15) is 4.83 Å². The van der Waals surface area contributed by atoms with E-state index in [4.69, 9.17) is 4.98 Å². The van der Waals surface area contributed by atoms with E-state index in [0.717, 1.165) is 20.8 Å². The van der Waals surface area contributed by atoms with Crippen LogP contribution in [0.25, 0.3) is 10.2 Å². The lowest BCUT2D eigenvalue weighted by Gasteiger charge is -2.13. The molecule has 0 amide bonds. The Balaban J connectivity index is 1.98. The maximum Gasteiger partial charge on any atom is 0.263 e. The third-order valence-electron chi connectivity index (χ3n) is 4.61. The number of aromatic nitrogens is 2. The van der Waals surface area contributed by atoms with Gasteiger partial charge in [0.05, 0.1) is 10.3 Å². The molecule has 0 aliphatic heterocycles. The summed E-state index contributed by atoms with van der Waals surface area (Å²) in [6, 6.07) is 6.84. The molecular weight excluding hydrogens is 426 g/mol. The predicted octanol–water partition coefficient (Wildman–Crippen LogP) is 3.80. The van der Waals surface area contributed by atoms with Crippen LogP contribution in [0.4, 0.5) is 0 Å². The fourth-order valence-corrected chi connectivity index (χ4v) is 5.86. The molecule has 0 atom stereocenters. The van der Waals surface area contributed by atoms with Gasteiger partial charge in [-0.1, -0.05) is 30.0 Å². The fourth-order valence-electron chi connectivity index (χ4n) is 2.86. The van der Waals surface area contributed by atoms with Crippen LogP contribution in [-0.2, 0) is 22.3 Å². The van der Waals surface area contributed by atoms with E-state index in [1.165, 1.54) is 41.5 Å². The molecule has 1 aromatic carbocycles. The van der Waals surface area contributed by atoms with Gasteiger partial charge in [0.2, 0.25) is 10.0 Å². The minimum absolute atomic E-state index is 0.0665. The van der Waals surface area contributed by atoms with Crippen LogP contribution < -0.4 is 5.56 Å². The van der Waals surface area contributed by atoms with E-state index in [-0.39, 0.29) is 10.5 Å². The van der Waals surface area contributed by atoms with Crippen LogP contribution in [-0.4, -0.2) is 36.4 Å². The first-order valence-corrected chi connectivity index (χ1v) is 12.2. The van der Waals surface area contributed by atoms with Gasteiger partial charge >= 0.3 is 0 Å². The molecule has 0 aliphatic rings. The number of benzene rings is 1. The van der Waals surface area contributed by atoms with E-state index in [1.807, 2.05) is 19.9 Å². The Morgan fingerprint density at radius 2 is 2.03 bits per heavy atom. The molecule has 0 aliphatic carbocycles. The molecule has 0 bridgehead atoms. The number of hydrogen-bond acceptors (Lipinski definition) is 6. The zero-order chi connectivity index (χ0) is 21.3. The largest absolute Gasteiger partial charge is 0.283 e. The number of allylic oxidation sites excluding steroid dienone is 1. The second-order valence-corrected chi connectivity index (χ2v) is 11.1. The van der Waals surface area contributed by atoms with Crippen molar-refractivity contribution in [1.82, 2.24) is 13.9 Å². The quantitative estimate of drug-likeness (QED) is 0.312. The third kappa shape index (κ3) is 4.18. The number of nitrogens with zero attached hydrogens (tertiary/aromatic N) is 3. The average Bonchev–Trinajstić information content (AvgIpc) is 2.96. The van der Waals surface area contributed by atoms with E-state index < -0.39 is 10.0 Å². The summed E-state index contributed by atoms with van der Waals surface area (Å²) in [6.45, 7) is 8.05. The summed E-state index contributed by atoms with van der Waals surface area (Å²) in [5.41, 5.74) is 1.75. The zero-order valence-electron chi connectivity index (χ0n) is 16.8. The van der Waals surface area contributed by atoms with Gasteiger partial charge in [-0.05, 0) is 37.1 Å². The lowest BCUT2D eigenvalue weighted by molar-refractivity contribution is 0.520. The number of sulfonamides is 1. The first kappa shape index (κ1) is 21.8. The Labute approximate surface area is 178 Å². The van der Waals surface area contributed by atoms with Crippen LogP contribution in [0.5, 0.6) is 0 Å². The van der Waals surface area contributed by atoms with E-state index >= 15 is 0 Å². The van der Waals surface area contributed by atoms with Gasteiger partial charge in [0.15, 0.2) is 5.16 Å². The van der Waals surface area contributed by atoms with Crippen molar-refractivity contribution in [3.8, 4) is 0 Å². The van der Waals surface area contributed by atoms with Gasteiger partial charge in [-0.2, -0.15) is 0 Å². The van der Waals surface area contributed by atoms with Gasteiger partial charge < -0.3 is 0 Å². The van der Waals surface area contributed by atoms with E-state index in [9.17, 15) is 13.2 Å². The van der Waals surface area contributed by atoms with Crippen molar-refractivity contribution >= 4 is 43.3 Å². The Morgan fingerprint density at radius 1 is 1.31 bits per heavy atom. The van der Waals surface area contributed by atoms with Crippen molar-refractivity contribution < 1.29 is 8.42 Å². The van der Waals surface area contributed by atoms with Crippen molar-refractivity contribution in [2.45, 2.75) is 36.2 Å². The number of hydrogen-bond donors (Lipinski definition) is 0. The average molecular weight is 450 g/mol. The summed E-state index contributed by atoms with van der Waals surface area (Å²) in [7, 11) is -0.477. The zero-order valence-corrected chi connectivity index (χ0v) is 19.2. The molecule has 3 rings (SSSR count). The molecule has 2 heterocycles. The topological polar surface area (TPSA) is 72.3 Å². The number of rotatable bonds is 7. The molecule has 6 nitrogen and oxygen atoms in total. The van der Waals surface area contributed by atoms with Crippen LogP contribution in [0.3, 0.4) is 0 Å². The van der Waals surface area contributed by atoms with Crippen LogP contribution in [0.15, 0.2) is 51.8 Å². The molecule has 0 saturated carbocycles.